The first kappa shape index (κ1) is 25.2. The molecule has 0 bridgehead atoms. The van der Waals surface area contributed by atoms with Gasteiger partial charge in [-0.15, -0.1) is 0 Å². The molecule has 0 spiro atoms. The number of carbonyl (C=O) groups excluding carboxylic acids is 2. The zero-order valence-electron chi connectivity index (χ0n) is 20.9. The Hall–Kier alpha value is -3.50. The van der Waals surface area contributed by atoms with E-state index in [2.05, 4.69) is 10.0 Å². The van der Waals surface area contributed by atoms with Crippen LogP contribution in [-0.2, 0) is 14.3 Å². The van der Waals surface area contributed by atoms with Crippen LogP contribution in [0, 0.1) is 5.82 Å². The second-order valence-corrected chi connectivity index (χ2v) is 9.22. The molecule has 2 aromatic carbocycles. The number of morpholine rings is 1. The second-order valence-electron chi connectivity index (χ2n) is 9.22. The van der Waals surface area contributed by atoms with Crippen molar-refractivity contribution in [3.63, 3.8) is 0 Å². The molecule has 1 atom stereocenters. The van der Waals surface area contributed by atoms with Gasteiger partial charge in [0.05, 0.1) is 25.0 Å². The Balaban J connectivity index is 1.38. The molecule has 3 aliphatic rings. The summed E-state index contributed by atoms with van der Waals surface area (Å²) in [5, 5.41) is 5.97. The summed E-state index contributed by atoms with van der Waals surface area (Å²) in [5.74, 6) is 0.417. The highest BCUT2D eigenvalue weighted by molar-refractivity contribution is 6.03. The molecule has 0 aromatic heterocycles. The molecule has 0 unspecified atom stereocenters. The molecule has 2 amide bonds. The molecule has 0 aliphatic carbocycles. The van der Waals surface area contributed by atoms with Crippen LogP contribution < -0.4 is 9.47 Å². The summed E-state index contributed by atoms with van der Waals surface area (Å²) >= 11 is 0. The number of amides is 2. The molecule has 196 valence electrons. The van der Waals surface area contributed by atoms with Gasteiger partial charge in [0.15, 0.2) is 11.5 Å². The van der Waals surface area contributed by atoms with Gasteiger partial charge in [0, 0.05) is 44.6 Å². The topological polar surface area (TPSA) is 83.9 Å². The van der Waals surface area contributed by atoms with Gasteiger partial charge in [-0.3, -0.25) is 14.5 Å². The number of hydrazone groups is 1. The van der Waals surface area contributed by atoms with Gasteiger partial charge in [-0.25, -0.2) is 9.40 Å². The number of halogens is 1. The van der Waals surface area contributed by atoms with Crippen molar-refractivity contribution in [1.29, 1.82) is 0 Å². The molecular weight excluding hydrogens is 479 g/mol. The summed E-state index contributed by atoms with van der Waals surface area (Å²) in [4.78, 5) is 30.2. The SMILES string of the molecule is CCC(=O)N(CCN1CCOCC1)CC(=O)N1N=C(c2ccccc2F)C[C@H]1c1ccc2c(c1)OCO2. The van der Waals surface area contributed by atoms with Gasteiger partial charge in [-0.2, -0.15) is 5.10 Å². The maximum absolute atomic E-state index is 14.6. The van der Waals surface area contributed by atoms with Crippen LogP contribution in [0.4, 0.5) is 4.39 Å². The van der Waals surface area contributed by atoms with Crippen LogP contribution in [-0.4, -0.2) is 85.1 Å². The monoisotopic (exact) mass is 510 g/mol. The number of hydrogen-bond donors (Lipinski definition) is 0. The third kappa shape index (κ3) is 5.60. The predicted molar refractivity (Wildman–Crippen MR) is 134 cm³/mol. The predicted octanol–water partition coefficient (Wildman–Crippen LogP) is 2.80. The van der Waals surface area contributed by atoms with Crippen LogP contribution in [0.5, 0.6) is 11.5 Å². The van der Waals surface area contributed by atoms with Crippen LogP contribution in [0.25, 0.3) is 0 Å². The average molecular weight is 511 g/mol. The van der Waals surface area contributed by atoms with E-state index in [1.54, 1.807) is 36.1 Å². The maximum atomic E-state index is 14.6. The van der Waals surface area contributed by atoms with Gasteiger partial charge in [0.2, 0.25) is 12.7 Å². The summed E-state index contributed by atoms with van der Waals surface area (Å²) < 4.78 is 31.0. The lowest BCUT2D eigenvalue weighted by molar-refractivity contribution is -0.141. The van der Waals surface area contributed by atoms with Crippen molar-refractivity contribution in [2.24, 2.45) is 5.10 Å². The minimum Gasteiger partial charge on any atom is -0.454 e. The molecule has 37 heavy (non-hydrogen) atoms. The van der Waals surface area contributed by atoms with E-state index in [0.29, 0.717) is 61.9 Å². The number of carbonyl (C=O) groups is 2. The Labute approximate surface area is 215 Å². The molecule has 1 saturated heterocycles. The molecule has 3 heterocycles. The van der Waals surface area contributed by atoms with Crippen molar-refractivity contribution < 1.29 is 28.2 Å². The summed E-state index contributed by atoms with van der Waals surface area (Å²) in [6.07, 6.45) is 0.632. The molecule has 9 nitrogen and oxygen atoms in total. The fourth-order valence-corrected chi connectivity index (χ4v) is 4.82. The van der Waals surface area contributed by atoms with Gasteiger partial charge in [0.25, 0.3) is 5.91 Å². The number of rotatable bonds is 8. The Morgan fingerprint density at radius 1 is 1.11 bits per heavy atom. The molecule has 5 rings (SSSR count). The van der Waals surface area contributed by atoms with Crippen molar-refractivity contribution >= 4 is 17.5 Å². The average Bonchev–Trinajstić information content (AvgIpc) is 3.58. The van der Waals surface area contributed by atoms with E-state index in [1.807, 2.05) is 12.1 Å². The van der Waals surface area contributed by atoms with Crippen molar-refractivity contribution in [2.45, 2.75) is 25.8 Å². The summed E-state index contributed by atoms with van der Waals surface area (Å²) in [6.45, 7) is 5.86. The number of nitrogens with zero attached hydrogens (tertiary/aromatic N) is 4. The Bertz CT molecular complexity index is 1180. The summed E-state index contributed by atoms with van der Waals surface area (Å²) in [5.41, 5.74) is 1.64. The first-order chi connectivity index (χ1) is 18.0. The van der Waals surface area contributed by atoms with Gasteiger partial charge in [0.1, 0.15) is 12.4 Å². The van der Waals surface area contributed by atoms with Crippen LogP contribution in [0.2, 0.25) is 0 Å². The number of fused-ring (bicyclic) bond motifs is 1. The zero-order valence-corrected chi connectivity index (χ0v) is 20.9. The molecule has 0 N–H and O–H groups in total. The van der Waals surface area contributed by atoms with E-state index in [0.717, 1.165) is 18.7 Å². The lowest BCUT2D eigenvalue weighted by Gasteiger charge is -2.31. The fourth-order valence-electron chi connectivity index (χ4n) is 4.82. The Kier molecular flexibility index (Phi) is 7.66. The Morgan fingerprint density at radius 3 is 2.68 bits per heavy atom. The largest absolute Gasteiger partial charge is 0.454 e. The number of ether oxygens (including phenoxy) is 3. The van der Waals surface area contributed by atoms with Gasteiger partial charge >= 0.3 is 0 Å². The minimum absolute atomic E-state index is 0.0984. The van der Waals surface area contributed by atoms with E-state index in [9.17, 15) is 14.0 Å². The quantitative estimate of drug-likeness (QED) is 0.543. The third-order valence-electron chi connectivity index (χ3n) is 6.90. The van der Waals surface area contributed by atoms with Crippen LogP contribution in [0.15, 0.2) is 47.6 Å². The van der Waals surface area contributed by atoms with E-state index in [1.165, 1.54) is 11.1 Å². The van der Waals surface area contributed by atoms with Crippen molar-refractivity contribution in [3.8, 4) is 11.5 Å². The number of benzene rings is 2. The normalized spacial score (nSPS) is 19.1. The highest BCUT2D eigenvalue weighted by Crippen LogP contribution is 2.39. The van der Waals surface area contributed by atoms with Gasteiger partial charge < -0.3 is 19.1 Å². The maximum Gasteiger partial charge on any atom is 0.262 e. The molecule has 0 saturated carbocycles. The third-order valence-corrected chi connectivity index (χ3v) is 6.90. The fraction of sp³-hybridized carbons (Fsp3) is 0.444. The minimum atomic E-state index is -0.463. The van der Waals surface area contributed by atoms with E-state index < -0.39 is 11.9 Å². The first-order valence-electron chi connectivity index (χ1n) is 12.7. The molecule has 1 fully saturated rings. The van der Waals surface area contributed by atoms with Crippen LogP contribution >= 0.6 is 0 Å². The van der Waals surface area contributed by atoms with Crippen molar-refractivity contribution in [3.05, 3.63) is 59.4 Å². The highest BCUT2D eigenvalue weighted by Gasteiger charge is 2.36. The van der Waals surface area contributed by atoms with Gasteiger partial charge in [-0.1, -0.05) is 31.2 Å². The molecule has 0 radical (unpaired) electrons. The van der Waals surface area contributed by atoms with E-state index in [-0.39, 0.29) is 25.2 Å². The van der Waals surface area contributed by atoms with Crippen molar-refractivity contribution in [2.75, 3.05) is 52.7 Å². The second kappa shape index (κ2) is 11.3. The molecular formula is C27H31FN4O5. The van der Waals surface area contributed by atoms with Crippen LogP contribution in [0.3, 0.4) is 0 Å². The Morgan fingerprint density at radius 2 is 1.89 bits per heavy atom. The molecule has 2 aromatic rings. The first-order valence-corrected chi connectivity index (χ1v) is 12.7. The smallest absolute Gasteiger partial charge is 0.262 e. The summed E-state index contributed by atoms with van der Waals surface area (Å²) in [6, 6.07) is 11.4. The van der Waals surface area contributed by atoms with Crippen molar-refractivity contribution in [1.82, 2.24) is 14.8 Å². The standard InChI is InChI=1S/C27H31FN4O5/c1-2-26(33)31(10-9-30-11-13-35-14-12-30)17-27(34)32-23(19-7-8-24-25(15-19)37-18-36-24)16-22(29-32)20-5-3-4-6-21(20)28/h3-8,15,23H,2,9-14,16-18H2,1H3/t23-/m0/s1. The summed E-state index contributed by atoms with van der Waals surface area (Å²) in [7, 11) is 0. The van der Waals surface area contributed by atoms with E-state index in [4.69, 9.17) is 14.2 Å². The van der Waals surface area contributed by atoms with Gasteiger partial charge in [-0.05, 0) is 23.8 Å². The zero-order chi connectivity index (χ0) is 25.8. The van der Waals surface area contributed by atoms with Crippen LogP contribution in [0.1, 0.15) is 36.9 Å². The molecule has 3 aliphatic heterocycles. The lowest BCUT2D eigenvalue weighted by atomic mass is 9.97. The lowest BCUT2D eigenvalue weighted by Crippen LogP contribution is -2.46. The van der Waals surface area contributed by atoms with E-state index >= 15 is 0 Å². The number of hydrogen-bond acceptors (Lipinski definition) is 7. The highest BCUT2D eigenvalue weighted by atomic mass is 19.1. The molecule has 10 heteroatoms.